The second kappa shape index (κ2) is 8.74. The molecule has 0 atom stereocenters. The van der Waals surface area contributed by atoms with Gasteiger partial charge in [0.2, 0.25) is 5.91 Å². The quantitative estimate of drug-likeness (QED) is 0.642. The fourth-order valence-electron chi connectivity index (χ4n) is 3.78. The number of halogens is 1. The number of hydrogen-bond acceptors (Lipinski definition) is 5. The molecule has 6 nitrogen and oxygen atoms in total. The van der Waals surface area contributed by atoms with E-state index in [1.165, 1.54) is 0 Å². The molecule has 3 aromatic rings. The topological polar surface area (TPSA) is 71.0 Å². The van der Waals surface area contributed by atoms with Crippen molar-refractivity contribution in [1.82, 2.24) is 20.3 Å². The van der Waals surface area contributed by atoms with Crippen LogP contribution in [0.25, 0.3) is 22.0 Å². The molecular weight excluding hydrogens is 386 g/mol. The number of anilines is 1. The van der Waals surface area contributed by atoms with Gasteiger partial charge in [0.1, 0.15) is 11.0 Å². The van der Waals surface area contributed by atoms with Gasteiger partial charge in [-0.15, -0.1) is 0 Å². The highest BCUT2D eigenvalue weighted by atomic mass is 35.5. The number of carbonyl (C=O) groups is 1. The molecule has 1 amide bonds. The Morgan fingerprint density at radius 3 is 2.83 bits per heavy atom. The van der Waals surface area contributed by atoms with E-state index in [2.05, 4.69) is 27.1 Å². The molecular formula is C22H24ClN5O. The van der Waals surface area contributed by atoms with Crippen LogP contribution < -0.4 is 10.2 Å². The second-order valence-corrected chi connectivity index (χ2v) is 7.73. The van der Waals surface area contributed by atoms with E-state index in [9.17, 15) is 4.79 Å². The van der Waals surface area contributed by atoms with Gasteiger partial charge in [-0.25, -0.2) is 9.97 Å². The maximum absolute atomic E-state index is 12.3. The third-order valence-corrected chi connectivity index (χ3v) is 5.55. The van der Waals surface area contributed by atoms with Crippen molar-refractivity contribution in [2.45, 2.75) is 26.2 Å². The Balaban J connectivity index is 1.63. The van der Waals surface area contributed by atoms with Gasteiger partial charge in [-0.05, 0) is 43.5 Å². The Morgan fingerprint density at radius 2 is 2.07 bits per heavy atom. The van der Waals surface area contributed by atoms with Crippen molar-refractivity contribution < 1.29 is 4.79 Å². The van der Waals surface area contributed by atoms with Gasteiger partial charge < -0.3 is 10.2 Å². The molecule has 4 rings (SSSR count). The van der Waals surface area contributed by atoms with Crippen LogP contribution in [0.15, 0.2) is 42.9 Å². The minimum absolute atomic E-state index is 0.0768. The first-order valence-corrected chi connectivity index (χ1v) is 10.4. The summed E-state index contributed by atoms with van der Waals surface area (Å²) in [5.41, 5.74) is 1.76. The van der Waals surface area contributed by atoms with E-state index in [1.54, 1.807) is 12.4 Å². The molecule has 1 saturated heterocycles. The summed E-state index contributed by atoms with van der Waals surface area (Å²) in [6, 6.07) is 7.76. The van der Waals surface area contributed by atoms with Gasteiger partial charge in [-0.1, -0.05) is 18.5 Å². The summed E-state index contributed by atoms with van der Waals surface area (Å²) in [5.74, 6) is 1.18. The molecule has 0 aliphatic carbocycles. The van der Waals surface area contributed by atoms with Crippen molar-refractivity contribution in [3.63, 3.8) is 0 Å². The summed E-state index contributed by atoms with van der Waals surface area (Å²) in [4.78, 5) is 27.9. The van der Waals surface area contributed by atoms with Crippen LogP contribution in [-0.2, 0) is 4.79 Å². The molecule has 0 aromatic carbocycles. The molecule has 150 valence electrons. The summed E-state index contributed by atoms with van der Waals surface area (Å²) >= 11 is 6.08. The van der Waals surface area contributed by atoms with Gasteiger partial charge in [-0.3, -0.25) is 9.78 Å². The van der Waals surface area contributed by atoms with Gasteiger partial charge >= 0.3 is 0 Å². The smallest absolute Gasteiger partial charge is 0.223 e. The third kappa shape index (κ3) is 4.32. The zero-order valence-corrected chi connectivity index (χ0v) is 17.2. The minimum Gasteiger partial charge on any atom is -0.356 e. The zero-order valence-electron chi connectivity index (χ0n) is 16.4. The molecule has 0 unspecified atom stereocenters. The summed E-state index contributed by atoms with van der Waals surface area (Å²) in [7, 11) is 0. The van der Waals surface area contributed by atoms with Crippen LogP contribution >= 0.6 is 11.6 Å². The molecule has 29 heavy (non-hydrogen) atoms. The molecule has 1 fully saturated rings. The lowest BCUT2D eigenvalue weighted by atomic mass is 9.95. The molecule has 1 aliphatic heterocycles. The normalized spacial score (nSPS) is 14.9. The standard InChI is InChI=1S/C22H24ClN5O/c1-2-7-26-22(29)15-5-10-28(11-6-15)21-18-4-8-24-14-17(18)12-19(27-21)16-3-9-25-20(23)13-16/h3-4,8-9,12-15H,2,5-7,10-11H2,1H3,(H,26,29). The number of carbonyl (C=O) groups excluding carboxylic acids is 1. The summed E-state index contributed by atoms with van der Waals surface area (Å²) < 4.78 is 0. The average molecular weight is 410 g/mol. The van der Waals surface area contributed by atoms with Crippen molar-refractivity contribution in [2.24, 2.45) is 5.92 Å². The van der Waals surface area contributed by atoms with Crippen LogP contribution in [0.1, 0.15) is 26.2 Å². The van der Waals surface area contributed by atoms with E-state index in [0.29, 0.717) is 5.15 Å². The number of amides is 1. The summed E-state index contributed by atoms with van der Waals surface area (Å²) in [6.07, 6.45) is 7.95. The lowest BCUT2D eigenvalue weighted by molar-refractivity contribution is -0.125. The van der Waals surface area contributed by atoms with Crippen molar-refractivity contribution in [3.8, 4) is 11.3 Å². The van der Waals surface area contributed by atoms with Crippen LogP contribution in [0.3, 0.4) is 0 Å². The number of hydrogen-bond donors (Lipinski definition) is 1. The first kappa shape index (κ1) is 19.6. The number of nitrogens with one attached hydrogen (secondary N) is 1. The van der Waals surface area contributed by atoms with E-state index in [1.807, 2.05) is 30.5 Å². The average Bonchev–Trinajstić information content (AvgIpc) is 2.77. The minimum atomic E-state index is 0.0768. The monoisotopic (exact) mass is 409 g/mol. The highest BCUT2D eigenvalue weighted by Gasteiger charge is 2.26. The van der Waals surface area contributed by atoms with Crippen LogP contribution in [0.5, 0.6) is 0 Å². The van der Waals surface area contributed by atoms with Crippen molar-refractivity contribution in [3.05, 3.63) is 48.0 Å². The maximum Gasteiger partial charge on any atom is 0.223 e. The van der Waals surface area contributed by atoms with E-state index < -0.39 is 0 Å². The number of rotatable bonds is 5. The molecule has 0 saturated carbocycles. The first-order chi connectivity index (χ1) is 14.2. The Morgan fingerprint density at radius 1 is 1.24 bits per heavy atom. The molecule has 0 bridgehead atoms. The van der Waals surface area contributed by atoms with E-state index in [4.69, 9.17) is 16.6 Å². The Bertz CT molecular complexity index is 1020. The van der Waals surface area contributed by atoms with Gasteiger partial charge in [0.05, 0.1) is 5.69 Å². The van der Waals surface area contributed by atoms with Crippen LogP contribution in [0.4, 0.5) is 5.82 Å². The van der Waals surface area contributed by atoms with Crippen LogP contribution in [-0.4, -0.2) is 40.5 Å². The van der Waals surface area contributed by atoms with Crippen molar-refractivity contribution in [2.75, 3.05) is 24.5 Å². The summed E-state index contributed by atoms with van der Waals surface area (Å²) in [6.45, 7) is 4.41. The van der Waals surface area contributed by atoms with E-state index in [-0.39, 0.29) is 11.8 Å². The lowest BCUT2D eigenvalue weighted by Crippen LogP contribution is -2.41. The number of pyridine rings is 3. The second-order valence-electron chi connectivity index (χ2n) is 7.35. The molecule has 0 spiro atoms. The Hall–Kier alpha value is -2.73. The number of nitrogens with zero attached hydrogens (tertiary/aromatic N) is 4. The fraction of sp³-hybridized carbons (Fsp3) is 0.364. The molecule has 3 aromatic heterocycles. The predicted molar refractivity (Wildman–Crippen MR) is 116 cm³/mol. The van der Waals surface area contributed by atoms with E-state index >= 15 is 0 Å². The highest BCUT2D eigenvalue weighted by molar-refractivity contribution is 6.29. The van der Waals surface area contributed by atoms with Crippen LogP contribution in [0, 0.1) is 5.92 Å². The molecule has 0 radical (unpaired) electrons. The van der Waals surface area contributed by atoms with Gasteiger partial charge in [0.15, 0.2) is 0 Å². The number of aromatic nitrogens is 3. The largest absolute Gasteiger partial charge is 0.356 e. The van der Waals surface area contributed by atoms with Crippen molar-refractivity contribution in [1.29, 1.82) is 0 Å². The Labute approximate surface area is 175 Å². The van der Waals surface area contributed by atoms with Gasteiger partial charge in [0.25, 0.3) is 0 Å². The Kier molecular flexibility index (Phi) is 5.90. The summed E-state index contributed by atoms with van der Waals surface area (Å²) in [5, 5.41) is 5.56. The fourth-order valence-corrected chi connectivity index (χ4v) is 3.95. The van der Waals surface area contributed by atoms with Crippen LogP contribution in [0.2, 0.25) is 5.15 Å². The SMILES string of the molecule is CCCNC(=O)C1CCN(c2nc(-c3ccnc(Cl)c3)cc3cnccc23)CC1. The highest BCUT2D eigenvalue weighted by Crippen LogP contribution is 2.32. The lowest BCUT2D eigenvalue weighted by Gasteiger charge is -2.33. The molecule has 1 aliphatic rings. The maximum atomic E-state index is 12.3. The predicted octanol–water partition coefficient (Wildman–Crippen LogP) is 4.09. The molecule has 1 N–H and O–H groups in total. The van der Waals surface area contributed by atoms with Gasteiger partial charge in [0, 0.05) is 60.5 Å². The van der Waals surface area contributed by atoms with E-state index in [0.717, 1.165) is 66.7 Å². The van der Waals surface area contributed by atoms with Gasteiger partial charge in [-0.2, -0.15) is 0 Å². The zero-order chi connectivity index (χ0) is 20.2. The molecule has 7 heteroatoms. The third-order valence-electron chi connectivity index (χ3n) is 5.35. The number of fused-ring (bicyclic) bond motifs is 1. The van der Waals surface area contributed by atoms with Crippen molar-refractivity contribution >= 4 is 34.1 Å². The number of piperidine rings is 1. The molecule has 4 heterocycles. The first-order valence-electron chi connectivity index (χ1n) is 10.0.